The van der Waals surface area contributed by atoms with E-state index in [1.165, 1.54) is 6.42 Å². The van der Waals surface area contributed by atoms with Crippen LogP contribution in [0.2, 0.25) is 0 Å². The SMILES string of the molecule is CC1C2CC2C(CBr)=C[C@@H]1C. The molecule has 11 heavy (non-hydrogen) atoms. The summed E-state index contributed by atoms with van der Waals surface area (Å²) in [4.78, 5) is 0. The van der Waals surface area contributed by atoms with Crippen LogP contribution >= 0.6 is 15.9 Å². The van der Waals surface area contributed by atoms with E-state index in [1.807, 2.05) is 0 Å². The van der Waals surface area contributed by atoms with Gasteiger partial charge in [-0.05, 0) is 30.1 Å². The maximum absolute atomic E-state index is 3.56. The van der Waals surface area contributed by atoms with Gasteiger partial charge in [-0.3, -0.25) is 0 Å². The van der Waals surface area contributed by atoms with Crippen LogP contribution in [-0.4, -0.2) is 5.33 Å². The first-order chi connectivity index (χ1) is 5.24. The first-order valence-corrected chi connectivity index (χ1v) is 5.62. The van der Waals surface area contributed by atoms with Crippen LogP contribution in [0.1, 0.15) is 20.3 Å². The zero-order chi connectivity index (χ0) is 8.01. The third kappa shape index (κ3) is 1.18. The maximum atomic E-state index is 3.56. The minimum Gasteiger partial charge on any atom is -0.0880 e. The zero-order valence-electron chi connectivity index (χ0n) is 7.18. The molecule has 0 aliphatic heterocycles. The molecule has 2 aliphatic carbocycles. The van der Waals surface area contributed by atoms with E-state index < -0.39 is 0 Å². The first kappa shape index (κ1) is 7.85. The van der Waals surface area contributed by atoms with Crippen LogP contribution in [0.3, 0.4) is 0 Å². The number of halogens is 1. The van der Waals surface area contributed by atoms with Crippen LogP contribution in [0.4, 0.5) is 0 Å². The molecule has 0 nitrogen and oxygen atoms in total. The number of alkyl halides is 1. The van der Waals surface area contributed by atoms with Crippen molar-refractivity contribution in [2.24, 2.45) is 23.7 Å². The van der Waals surface area contributed by atoms with Crippen LogP contribution in [-0.2, 0) is 0 Å². The van der Waals surface area contributed by atoms with Gasteiger partial charge < -0.3 is 0 Å². The maximum Gasteiger partial charge on any atom is 0.0244 e. The Morgan fingerprint density at radius 2 is 2.27 bits per heavy atom. The predicted octanol–water partition coefficient (Wildman–Crippen LogP) is 3.23. The molecular formula is C10H15Br. The van der Waals surface area contributed by atoms with E-state index in [4.69, 9.17) is 0 Å². The van der Waals surface area contributed by atoms with Gasteiger partial charge in [0, 0.05) is 5.33 Å². The van der Waals surface area contributed by atoms with Crippen molar-refractivity contribution >= 4 is 15.9 Å². The van der Waals surface area contributed by atoms with Gasteiger partial charge >= 0.3 is 0 Å². The molecule has 0 aromatic heterocycles. The van der Waals surface area contributed by atoms with E-state index >= 15 is 0 Å². The fourth-order valence-electron chi connectivity index (χ4n) is 2.37. The molecule has 0 heterocycles. The summed E-state index contributed by atoms with van der Waals surface area (Å²) in [6.45, 7) is 4.75. The van der Waals surface area contributed by atoms with Gasteiger partial charge in [-0.15, -0.1) is 0 Å². The molecule has 0 amide bonds. The molecule has 4 atom stereocenters. The molecule has 2 aliphatic rings. The minimum absolute atomic E-state index is 0.811. The summed E-state index contributed by atoms with van der Waals surface area (Å²) in [6.07, 6.45) is 3.94. The van der Waals surface area contributed by atoms with Gasteiger partial charge in [0.25, 0.3) is 0 Å². The molecule has 62 valence electrons. The Balaban J connectivity index is 2.18. The summed E-state index contributed by atoms with van der Waals surface area (Å²) in [5, 5.41) is 1.10. The average molecular weight is 215 g/mol. The van der Waals surface area contributed by atoms with Crippen molar-refractivity contribution in [1.82, 2.24) is 0 Å². The average Bonchev–Trinajstić information content (AvgIpc) is 2.76. The van der Waals surface area contributed by atoms with Gasteiger partial charge in [0.2, 0.25) is 0 Å². The van der Waals surface area contributed by atoms with Crippen molar-refractivity contribution < 1.29 is 0 Å². The Morgan fingerprint density at radius 3 is 2.91 bits per heavy atom. The van der Waals surface area contributed by atoms with Gasteiger partial charge in [-0.25, -0.2) is 0 Å². The molecule has 0 N–H and O–H groups in total. The molecule has 3 unspecified atom stereocenters. The van der Waals surface area contributed by atoms with Crippen molar-refractivity contribution in [2.45, 2.75) is 20.3 Å². The molecule has 0 spiro atoms. The number of hydrogen-bond donors (Lipinski definition) is 0. The minimum atomic E-state index is 0.811. The molecule has 0 aromatic rings. The van der Waals surface area contributed by atoms with Crippen molar-refractivity contribution in [1.29, 1.82) is 0 Å². The number of rotatable bonds is 1. The molecular weight excluding hydrogens is 200 g/mol. The Morgan fingerprint density at radius 1 is 1.55 bits per heavy atom. The molecule has 1 saturated carbocycles. The Hall–Kier alpha value is 0.220. The molecule has 0 saturated heterocycles. The van der Waals surface area contributed by atoms with Crippen LogP contribution in [0.15, 0.2) is 11.6 Å². The fourth-order valence-corrected chi connectivity index (χ4v) is 2.97. The van der Waals surface area contributed by atoms with E-state index in [0.29, 0.717) is 0 Å². The number of hydrogen-bond acceptors (Lipinski definition) is 0. The fraction of sp³-hybridized carbons (Fsp3) is 0.800. The Kier molecular flexibility index (Phi) is 1.87. The normalized spacial score (nSPS) is 48.1. The second kappa shape index (κ2) is 2.62. The number of allylic oxidation sites excluding steroid dienone is 2. The van der Waals surface area contributed by atoms with Crippen molar-refractivity contribution in [3.63, 3.8) is 0 Å². The second-order valence-corrected chi connectivity index (χ2v) is 4.66. The van der Waals surface area contributed by atoms with Gasteiger partial charge in [0.05, 0.1) is 0 Å². The van der Waals surface area contributed by atoms with Crippen molar-refractivity contribution in [3.05, 3.63) is 11.6 Å². The Labute approximate surface area is 77.2 Å². The lowest BCUT2D eigenvalue weighted by Gasteiger charge is -2.23. The smallest absolute Gasteiger partial charge is 0.0244 e. The largest absolute Gasteiger partial charge is 0.0880 e. The monoisotopic (exact) mass is 214 g/mol. The summed E-state index contributed by atoms with van der Waals surface area (Å²) in [5.74, 6) is 3.73. The lowest BCUT2D eigenvalue weighted by atomic mass is 9.83. The zero-order valence-corrected chi connectivity index (χ0v) is 8.76. The van der Waals surface area contributed by atoms with Crippen molar-refractivity contribution in [3.8, 4) is 0 Å². The van der Waals surface area contributed by atoms with Gasteiger partial charge in [0.1, 0.15) is 0 Å². The van der Waals surface area contributed by atoms with E-state index in [0.717, 1.165) is 29.0 Å². The van der Waals surface area contributed by atoms with Gasteiger partial charge in [-0.2, -0.15) is 0 Å². The van der Waals surface area contributed by atoms with Crippen LogP contribution < -0.4 is 0 Å². The molecule has 1 heteroatoms. The van der Waals surface area contributed by atoms with Crippen LogP contribution in [0.5, 0.6) is 0 Å². The summed E-state index contributed by atoms with van der Waals surface area (Å²) >= 11 is 3.56. The van der Waals surface area contributed by atoms with Crippen LogP contribution in [0.25, 0.3) is 0 Å². The van der Waals surface area contributed by atoms with Crippen molar-refractivity contribution in [2.75, 3.05) is 5.33 Å². The lowest BCUT2D eigenvalue weighted by Crippen LogP contribution is -2.15. The summed E-state index contributed by atoms with van der Waals surface area (Å²) in [7, 11) is 0. The van der Waals surface area contributed by atoms with Crippen LogP contribution in [0, 0.1) is 23.7 Å². The third-order valence-electron chi connectivity index (χ3n) is 3.45. The molecule has 0 bridgehead atoms. The molecule has 0 aromatic carbocycles. The van der Waals surface area contributed by atoms with Gasteiger partial charge in [0.15, 0.2) is 0 Å². The number of fused-ring (bicyclic) bond motifs is 1. The summed E-state index contributed by atoms with van der Waals surface area (Å²) in [5.41, 5.74) is 1.67. The third-order valence-corrected chi connectivity index (χ3v) is 4.10. The summed E-state index contributed by atoms with van der Waals surface area (Å²) in [6, 6.07) is 0. The lowest BCUT2D eigenvalue weighted by molar-refractivity contribution is 0.375. The summed E-state index contributed by atoms with van der Waals surface area (Å²) < 4.78 is 0. The van der Waals surface area contributed by atoms with E-state index in [-0.39, 0.29) is 0 Å². The second-order valence-electron chi connectivity index (χ2n) is 4.10. The molecule has 2 rings (SSSR count). The standard InChI is InChI=1S/C10H15Br/c1-6-3-8(5-11)10-4-9(10)7(6)2/h3,6-7,9-10H,4-5H2,1-2H3/t6-,7?,9?,10?/m0/s1. The van der Waals surface area contributed by atoms with E-state index in [1.54, 1.807) is 5.57 Å². The molecule has 0 radical (unpaired) electrons. The topological polar surface area (TPSA) is 0 Å². The highest BCUT2D eigenvalue weighted by atomic mass is 79.9. The highest BCUT2D eigenvalue weighted by Crippen LogP contribution is 2.54. The quantitative estimate of drug-likeness (QED) is 0.465. The molecule has 1 fully saturated rings. The van der Waals surface area contributed by atoms with Gasteiger partial charge in [-0.1, -0.05) is 41.4 Å². The van der Waals surface area contributed by atoms with E-state index in [2.05, 4.69) is 35.9 Å². The van der Waals surface area contributed by atoms with E-state index in [9.17, 15) is 0 Å². The first-order valence-electron chi connectivity index (χ1n) is 4.50. The predicted molar refractivity (Wildman–Crippen MR) is 51.8 cm³/mol. The Bertz CT molecular complexity index is 195. The highest BCUT2D eigenvalue weighted by molar-refractivity contribution is 9.09. The highest BCUT2D eigenvalue weighted by Gasteiger charge is 2.46.